The summed E-state index contributed by atoms with van der Waals surface area (Å²) in [5, 5.41) is 41.3. The number of carbonyl (C=O) groups is 5. The molecule has 0 aromatic heterocycles. The predicted octanol–water partition coefficient (Wildman–Crippen LogP) is 6.00. The maximum Gasteiger partial charge on any atom is 0.680 e. The fraction of sp³-hybridized carbons (Fsp3) is 0.635. The van der Waals surface area contributed by atoms with Gasteiger partial charge in [0.2, 0.25) is 0 Å². The minimum atomic E-state index is -4.36. The molecule has 392 valence electrons. The standard InChI is InChI=1S/C52H73NO17Si/c1-12-25-63-71(64-26-13-2,65-27-14-3)70-41(39(33-21-17-15-18-22-33)53-47(60)69-48(6,7)8)46(59)66-35-29-52(61)44(67-45(58)34-23-19-16-20-24-34)42-50(11,43(57)40(56)38(31(35)4)49(52,9)10)36(55)28-37-51(42,30-62-37)68-32(5)54/h15-24,35-37,39-42,44,55-56,61H,12-14,25-30H2,1-11H3,(H,53,60)/t35-,36-,37+,39-,40+,41+,42-,44-,50+,51-,52+/m0/s1. The van der Waals surface area contributed by atoms with Gasteiger partial charge in [0, 0.05) is 45.0 Å². The molecule has 0 spiro atoms. The molecule has 3 aliphatic carbocycles. The van der Waals surface area contributed by atoms with Crippen LogP contribution in [0.15, 0.2) is 71.8 Å². The molecular weight excluding hydrogens is 939 g/mol. The quantitative estimate of drug-likeness (QED) is 0.0546. The Labute approximate surface area is 417 Å². The van der Waals surface area contributed by atoms with Crippen molar-refractivity contribution in [3.05, 3.63) is 82.9 Å². The van der Waals surface area contributed by atoms with Crippen LogP contribution in [0.4, 0.5) is 4.79 Å². The molecule has 19 heteroatoms. The molecule has 1 amide bonds. The van der Waals surface area contributed by atoms with Gasteiger partial charge in [-0.1, -0.05) is 83.1 Å². The highest BCUT2D eigenvalue weighted by molar-refractivity contribution is 6.53. The number of ketones is 1. The number of nitrogens with one attached hydrogen (secondary N) is 1. The third kappa shape index (κ3) is 10.9. The molecule has 2 aromatic rings. The molecule has 71 heavy (non-hydrogen) atoms. The lowest BCUT2D eigenvalue weighted by Crippen LogP contribution is -2.81. The Balaban J connectivity index is 1.57. The molecule has 4 N–H and O–H groups in total. The van der Waals surface area contributed by atoms with E-state index in [9.17, 15) is 29.7 Å². The molecule has 6 rings (SSSR count). The van der Waals surface area contributed by atoms with E-state index in [-0.39, 0.29) is 49.6 Å². The summed E-state index contributed by atoms with van der Waals surface area (Å²) >= 11 is 0. The maximum absolute atomic E-state index is 15.6. The average Bonchev–Trinajstić information content (AvgIpc) is 3.31. The number of fused-ring (bicyclic) bond motifs is 5. The maximum atomic E-state index is 15.6. The Kier molecular flexibility index (Phi) is 17.2. The molecule has 2 aromatic carbocycles. The largest absolute Gasteiger partial charge is 0.680 e. The van der Waals surface area contributed by atoms with E-state index >= 15 is 9.59 Å². The Morgan fingerprint density at radius 1 is 0.873 bits per heavy atom. The zero-order valence-corrected chi connectivity index (χ0v) is 43.8. The number of ether oxygens (including phenoxy) is 5. The van der Waals surface area contributed by atoms with Gasteiger partial charge in [0.05, 0.1) is 35.6 Å². The summed E-state index contributed by atoms with van der Waals surface area (Å²) in [5.41, 5.74) is -8.31. The number of aliphatic hydroxyl groups excluding tert-OH is 2. The van der Waals surface area contributed by atoms with Gasteiger partial charge >= 0.3 is 33.0 Å². The highest BCUT2D eigenvalue weighted by Gasteiger charge is 2.78. The van der Waals surface area contributed by atoms with E-state index in [2.05, 4.69) is 5.32 Å². The summed E-state index contributed by atoms with van der Waals surface area (Å²) in [6.07, 6.45) is -9.92. The number of hydrogen-bond acceptors (Lipinski definition) is 17. The number of alkyl carbamates (subject to hydrolysis) is 1. The molecule has 0 radical (unpaired) electrons. The SMILES string of the molecule is CCCO[Si](OCCC)(OCCC)O[C@@H](C(=O)O[C@H]1C[C@@]2(O)[C@@H](OC(=O)c3ccccc3)[C@@H]3[C@]4(OC(C)=O)CO[C@@H]4C[C@H](O)[C@@]3(C)C(=O)[C@H](O)C(=C1C)C2(C)C)[C@@H](NC(=O)OC(C)(C)C)c1ccccc1. The molecule has 4 aliphatic rings. The van der Waals surface area contributed by atoms with Crippen LogP contribution in [0, 0.1) is 16.7 Å². The Bertz CT molecular complexity index is 2250. The van der Waals surface area contributed by atoms with Crippen molar-refractivity contribution in [2.75, 3.05) is 26.4 Å². The molecule has 1 saturated heterocycles. The minimum Gasteiger partial charge on any atom is -0.456 e. The van der Waals surface area contributed by atoms with E-state index in [1.165, 1.54) is 26.0 Å². The number of hydrogen-bond donors (Lipinski definition) is 4. The number of esters is 3. The molecule has 1 aliphatic heterocycles. The number of amides is 1. The molecule has 11 atom stereocenters. The number of aliphatic hydroxyl groups is 3. The van der Waals surface area contributed by atoms with Gasteiger partial charge in [0.15, 0.2) is 17.5 Å². The fourth-order valence-corrected chi connectivity index (χ4v) is 13.1. The Morgan fingerprint density at radius 2 is 1.44 bits per heavy atom. The third-order valence-electron chi connectivity index (χ3n) is 14.3. The summed E-state index contributed by atoms with van der Waals surface area (Å²) in [7, 11) is -4.36. The molecule has 2 bridgehead atoms. The van der Waals surface area contributed by atoms with E-state index in [1.54, 1.807) is 90.1 Å². The monoisotopic (exact) mass is 1010 g/mol. The second-order valence-corrected chi connectivity index (χ2v) is 22.8. The number of benzene rings is 2. The average molecular weight is 1010 g/mol. The van der Waals surface area contributed by atoms with E-state index in [4.69, 9.17) is 41.4 Å². The first-order valence-electron chi connectivity index (χ1n) is 24.6. The first kappa shape index (κ1) is 55.7. The minimum absolute atomic E-state index is 0.0632. The van der Waals surface area contributed by atoms with E-state index < -0.39 is 121 Å². The van der Waals surface area contributed by atoms with Crippen LogP contribution < -0.4 is 5.32 Å². The van der Waals surface area contributed by atoms with Crippen LogP contribution in [0.2, 0.25) is 0 Å². The van der Waals surface area contributed by atoms with Gasteiger partial charge in [-0.3, -0.25) is 9.59 Å². The summed E-state index contributed by atoms with van der Waals surface area (Å²) < 4.78 is 56.4. The zero-order valence-electron chi connectivity index (χ0n) is 42.8. The molecule has 3 fully saturated rings. The van der Waals surface area contributed by atoms with Gasteiger partial charge < -0.3 is 62.0 Å². The highest BCUT2D eigenvalue weighted by atomic mass is 28.4. The van der Waals surface area contributed by atoms with Crippen molar-refractivity contribution in [2.24, 2.45) is 16.7 Å². The van der Waals surface area contributed by atoms with Gasteiger partial charge in [-0.15, -0.1) is 0 Å². The first-order chi connectivity index (χ1) is 33.4. The van der Waals surface area contributed by atoms with Gasteiger partial charge in [0.25, 0.3) is 0 Å². The molecule has 18 nitrogen and oxygen atoms in total. The normalized spacial score (nSPS) is 30.0. The predicted molar refractivity (Wildman–Crippen MR) is 257 cm³/mol. The second kappa shape index (κ2) is 21.9. The van der Waals surface area contributed by atoms with Crippen molar-refractivity contribution in [2.45, 2.75) is 168 Å². The summed E-state index contributed by atoms with van der Waals surface area (Å²) in [4.78, 5) is 72.2. The van der Waals surface area contributed by atoms with Crippen molar-refractivity contribution >= 4 is 38.8 Å². The van der Waals surface area contributed by atoms with Crippen LogP contribution in [0.5, 0.6) is 0 Å². The topological polar surface area (TPSA) is 241 Å². The van der Waals surface area contributed by atoms with Crippen LogP contribution in [0.3, 0.4) is 0 Å². The Morgan fingerprint density at radius 3 is 1.94 bits per heavy atom. The highest BCUT2D eigenvalue weighted by Crippen LogP contribution is 2.64. The van der Waals surface area contributed by atoms with Crippen molar-refractivity contribution in [3.8, 4) is 0 Å². The lowest BCUT2D eigenvalue weighted by atomic mass is 9.44. The summed E-state index contributed by atoms with van der Waals surface area (Å²) in [5.74, 6) is -5.28. The van der Waals surface area contributed by atoms with Gasteiger partial charge in [-0.25, -0.2) is 14.4 Å². The molecule has 0 unspecified atom stereocenters. The Hall–Kier alpha value is -4.57. The second-order valence-electron chi connectivity index (χ2n) is 20.7. The van der Waals surface area contributed by atoms with Crippen LogP contribution in [-0.2, 0) is 55.8 Å². The van der Waals surface area contributed by atoms with Crippen molar-refractivity contribution < 1.29 is 80.7 Å². The molecule has 1 heterocycles. The fourth-order valence-electron chi connectivity index (χ4n) is 10.7. The van der Waals surface area contributed by atoms with Gasteiger partial charge in [0.1, 0.15) is 35.6 Å². The smallest absolute Gasteiger partial charge is 0.456 e. The number of rotatable bonds is 19. The van der Waals surface area contributed by atoms with Crippen LogP contribution in [0.25, 0.3) is 0 Å². The third-order valence-corrected chi connectivity index (χ3v) is 16.5. The molecule has 2 saturated carbocycles. The van der Waals surface area contributed by atoms with Crippen molar-refractivity contribution in [1.29, 1.82) is 0 Å². The van der Waals surface area contributed by atoms with Crippen LogP contribution in [0.1, 0.15) is 130 Å². The lowest BCUT2D eigenvalue weighted by Gasteiger charge is -2.67. The van der Waals surface area contributed by atoms with Crippen molar-refractivity contribution in [1.82, 2.24) is 5.32 Å². The molecular formula is C52H73NO17Si. The number of Topliss-reactive ketones (excluding diaryl/α,β-unsaturated/α-hetero) is 1. The van der Waals surface area contributed by atoms with E-state index in [0.29, 0.717) is 24.8 Å². The summed E-state index contributed by atoms with van der Waals surface area (Å²) in [6, 6.07) is 15.0. The lowest BCUT2D eigenvalue weighted by molar-refractivity contribution is -0.346. The van der Waals surface area contributed by atoms with Gasteiger partial charge in [-0.2, -0.15) is 0 Å². The van der Waals surface area contributed by atoms with Crippen LogP contribution in [-0.4, -0.2) is 134 Å². The summed E-state index contributed by atoms with van der Waals surface area (Å²) in [6.45, 7) is 18.0. The van der Waals surface area contributed by atoms with E-state index in [1.807, 2.05) is 20.8 Å². The van der Waals surface area contributed by atoms with Gasteiger partial charge in [-0.05, 0) is 82.7 Å². The zero-order chi connectivity index (χ0) is 52.3. The number of carbonyl (C=O) groups excluding carboxylic acids is 5. The van der Waals surface area contributed by atoms with E-state index in [0.717, 1.165) is 0 Å². The van der Waals surface area contributed by atoms with Crippen molar-refractivity contribution in [3.63, 3.8) is 0 Å². The van der Waals surface area contributed by atoms with Crippen LogP contribution >= 0.6 is 0 Å². The first-order valence-corrected chi connectivity index (χ1v) is 26.2.